The summed E-state index contributed by atoms with van der Waals surface area (Å²) in [6.07, 6.45) is 0.781. The molecule has 0 saturated carbocycles. The van der Waals surface area contributed by atoms with Crippen molar-refractivity contribution in [3.05, 3.63) is 64.7 Å². The van der Waals surface area contributed by atoms with E-state index in [-0.39, 0.29) is 28.9 Å². The standard InChI is InChI=1S/C17H21ClN4O2S.HI/c1-20-17(21-11-10-14-4-2-3-5-16(14)18)22-12-13-6-8-15(9-7-13)25(19,23)24;/h2-9H,10-12H2,1H3,(H2,19,23,24)(H2,20,21,22);1H. The second kappa shape index (κ2) is 10.7. The van der Waals surface area contributed by atoms with Gasteiger partial charge in [-0.05, 0) is 35.7 Å². The molecule has 0 saturated heterocycles. The van der Waals surface area contributed by atoms with Crippen molar-refractivity contribution in [3.8, 4) is 0 Å². The van der Waals surface area contributed by atoms with E-state index in [0.29, 0.717) is 19.0 Å². The summed E-state index contributed by atoms with van der Waals surface area (Å²) in [5.41, 5.74) is 1.99. The van der Waals surface area contributed by atoms with Gasteiger partial charge in [-0.1, -0.05) is 41.9 Å². The fourth-order valence-corrected chi connectivity index (χ4v) is 2.97. The second-order valence-corrected chi connectivity index (χ2v) is 7.35. The van der Waals surface area contributed by atoms with Crippen LogP contribution in [0.25, 0.3) is 0 Å². The van der Waals surface area contributed by atoms with Crippen LogP contribution in [0.2, 0.25) is 5.02 Å². The number of halogens is 2. The van der Waals surface area contributed by atoms with Crippen molar-refractivity contribution in [1.82, 2.24) is 10.6 Å². The van der Waals surface area contributed by atoms with Gasteiger partial charge in [-0.2, -0.15) is 0 Å². The molecule has 6 nitrogen and oxygen atoms in total. The quantitative estimate of drug-likeness (QED) is 0.317. The number of aliphatic imine (C=N–C) groups is 1. The molecule has 0 unspecified atom stereocenters. The average molecular weight is 509 g/mol. The Hall–Kier alpha value is -1.36. The van der Waals surface area contributed by atoms with Crippen molar-refractivity contribution in [2.75, 3.05) is 13.6 Å². The van der Waals surface area contributed by atoms with Crippen LogP contribution in [-0.2, 0) is 23.0 Å². The van der Waals surface area contributed by atoms with E-state index in [9.17, 15) is 8.42 Å². The molecule has 0 spiro atoms. The van der Waals surface area contributed by atoms with Gasteiger partial charge in [0.2, 0.25) is 10.0 Å². The van der Waals surface area contributed by atoms with Crippen LogP contribution in [0.5, 0.6) is 0 Å². The number of rotatable bonds is 6. The zero-order valence-electron chi connectivity index (χ0n) is 14.3. The molecule has 0 bridgehead atoms. The van der Waals surface area contributed by atoms with Crippen LogP contribution < -0.4 is 15.8 Å². The molecule has 4 N–H and O–H groups in total. The summed E-state index contributed by atoms with van der Waals surface area (Å²) in [6, 6.07) is 14.1. The lowest BCUT2D eigenvalue weighted by molar-refractivity contribution is 0.597. The Labute approximate surface area is 176 Å². The third kappa shape index (κ3) is 7.10. The third-order valence-corrected chi connectivity index (χ3v) is 4.88. The number of hydrogen-bond donors (Lipinski definition) is 3. The Balaban J connectivity index is 0.00000338. The van der Waals surface area contributed by atoms with Crippen LogP contribution >= 0.6 is 35.6 Å². The average Bonchev–Trinajstić information content (AvgIpc) is 2.59. The highest BCUT2D eigenvalue weighted by molar-refractivity contribution is 14.0. The Kier molecular flexibility index (Phi) is 9.34. The van der Waals surface area contributed by atoms with E-state index in [1.165, 1.54) is 12.1 Å². The Morgan fingerprint density at radius 2 is 1.77 bits per heavy atom. The highest BCUT2D eigenvalue weighted by Gasteiger charge is 2.07. The van der Waals surface area contributed by atoms with Gasteiger partial charge in [-0.15, -0.1) is 24.0 Å². The van der Waals surface area contributed by atoms with Gasteiger partial charge in [0, 0.05) is 25.2 Å². The Morgan fingerprint density at radius 3 is 2.35 bits per heavy atom. The first-order valence-electron chi connectivity index (χ1n) is 7.70. The fraction of sp³-hybridized carbons (Fsp3) is 0.235. The summed E-state index contributed by atoms with van der Waals surface area (Å²) in [5, 5.41) is 12.2. The largest absolute Gasteiger partial charge is 0.356 e. The number of benzene rings is 2. The minimum absolute atomic E-state index is 0. The number of nitrogens with two attached hydrogens (primary N) is 1. The molecule has 0 aromatic heterocycles. The molecule has 0 aliphatic heterocycles. The van der Waals surface area contributed by atoms with Crippen LogP contribution in [0.4, 0.5) is 0 Å². The maximum atomic E-state index is 11.2. The first-order chi connectivity index (χ1) is 11.9. The maximum Gasteiger partial charge on any atom is 0.238 e. The number of hydrogen-bond acceptors (Lipinski definition) is 3. The summed E-state index contributed by atoms with van der Waals surface area (Å²) in [5.74, 6) is 0.655. The third-order valence-electron chi connectivity index (χ3n) is 3.58. The molecule has 0 amide bonds. The van der Waals surface area contributed by atoms with E-state index in [1.54, 1.807) is 19.2 Å². The van der Waals surface area contributed by atoms with Crippen molar-refractivity contribution < 1.29 is 8.42 Å². The number of guanidine groups is 1. The summed E-state index contributed by atoms with van der Waals surface area (Å²) in [4.78, 5) is 4.25. The predicted octanol–water partition coefficient (Wildman–Crippen LogP) is 2.51. The molecule has 0 fully saturated rings. The molecule has 0 aliphatic carbocycles. The molecule has 0 heterocycles. The summed E-state index contributed by atoms with van der Waals surface area (Å²) >= 11 is 6.13. The molecule has 2 aromatic rings. The number of sulfonamides is 1. The minimum Gasteiger partial charge on any atom is -0.356 e. The van der Waals surface area contributed by atoms with E-state index in [0.717, 1.165) is 22.6 Å². The van der Waals surface area contributed by atoms with Gasteiger partial charge in [-0.25, -0.2) is 13.6 Å². The van der Waals surface area contributed by atoms with E-state index >= 15 is 0 Å². The van der Waals surface area contributed by atoms with Crippen molar-refractivity contribution >= 4 is 51.6 Å². The van der Waals surface area contributed by atoms with Crippen molar-refractivity contribution in [1.29, 1.82) is 0 Å². The lowest BCUT2D eigenvalue weighted by atomic mass is 10.1. The van der Waals surface area contributed by atoms with Gasteiger partial charge in [0.15, 0.2) is 5.96 Å². The summed E-state index contributed by atoms with van der Waals surface area (Å²) in [7, 11) is -1.98. The van der Waals surface area contributed by atoms with E-state index in [4.69, 9.17) is 16.7 Å². The number of nitrogens with zero attached hydrogens (tertiary/aromatic N) is 1. The highest BCUT2D eigenvalue weighted by atomic mass is 127. The van der Waals surface area contributed by atoms with Crippen LogP contribution in [0, 0.1) is 0 Å². The highest BCUT2D eigenvalue weighted by Crippen LogP contribution is 2.14. The van der Waals surface area contributed by atoms with Gasteiger partial charge in [0.1, 0.15) is 0 Å². The molecule has 142 valence electrons. The van der Waals surface area contributed by atoms with E-state index in [2.05, 4.69) is 15.6 Å². The van der Waals surface area contributed by atoms with Crippen molar-refractivity contribution in [3.63, 3.8) is 0 Å². The molecular weight excluding hydrogens is 487 g/mol. The van der Waals surface area contributed by atoms with Crippen molar-refractivity contribution in [2.45, 2.75) is 17.9 Å². The monoisotopic (exact) mass is 508 g/mol. The molecule has 2 aromatic carbocycles. The smallest absolute Gasteiger partial charge is 0.238 e. The number of primary sulfonamides is 1. The summed E-state index contributed by atoms with van der Waals surface area (Å²) < 4.78 is 22.5. The van der Waals surface area contributed by atoms with Gasteiger partial charge >= 0.3 is 0 Å². The lowest BCUT2D eigenvalue weighted by Gasteiger charge is -2.12. The zero-order valence-corrected chi connectivity index (χ0v) is 18.2. The van der Waals surface area contributed by atoms with Crippen LogP contribution in [0.3, 0.4) is 0 Å². The number of nitrogens with one attached hydrogen (secondary N) is 2. The second-order valence-electron chi connectivity index (χ2n) is 5.38. The van der Waals surface area contributed by atoms with Gasteiger partial charge in [-0.3, -0.25) is 4.99 Å². The molecule has 2 rings (SSSR count). The summed E-state index contributed by atoms with van der Waals surface area (Å²) in [6.45, 7) is 1.20. The fourth-order valence-electron chi connectivity index (χ4n) is 2.22. The molecule has 0 atom stereocenters. The molecule has 9 heteroatoms. The molecule has 0 radical (unpaired) electrons. The minimum atomic E-state index is -3.66. The van der Waals surface area contributed by atoms with Gasteiger partial charge < -0.3 is 10.6 Å². The molecule has 26 heavy (non-hydrogen) atoms. The van der Waals surface area contributed by atoms with Crippen molar-refractivity contribution in [2.24, 2.45) is 10.1 Å². The SMILES string of the molecule is CN=C(NCCc1ccccc1Cl)NCc1ccc(S(N)(=O)=O)cc1.I. The van der Waals surface area contributed by atoms with E-state index < -0.39 is 10.0 Å². The lowest BCUT2D eigenvalue weighted by Crippen LogP contribution is -2.37. The zero-order chi connectivity index (χ0) is 18.3. The Morgan fingerprint density at radius 1 is 1.12 bits per heavy atom. The van der Waals surface area contributed by atoms with Crippen LogP contribution in [-0.4, -0.2) is 28.0 Å². The normalized spacial score (nSPS) is 11.6. The topological polar surface area (TPSA) is 96.6 Å². The van der Waals surface area contributed by atoms with E-state index in [1.807, 2.05) is 24.3 Å². The van der Waals surface area contributed by atoms with Gasteiger partial charge in [0.25, 0.3) is 0 Å². The van der Waals surface area contributed by atoms with Crippen LogP contribution in [0.15, 0.2) is 58.4 Å². The maximum absolute atomic E-state index is 11.2. The predicted molar refractivity (Wildman–Crippen MR) is 117 cm³/mol. The molecule has 0 aliphatic rings. The van der Waals surface area contributed by atoms with Gasteiger partial charge in [0.05, 0.1) is 4.90 Å². The Bertz CT molecular complexity index is 842. The first-order valence-corrected chi connectivity index (χ1v) is 9.62. The first kappa shape index (κ1) is 22.7. The van der Waals surface area contributed by atoms with Crippen LogP contribution in [0.1, 0.15) is 11.1 Å². The molecular formula is C17H22ClIN4O2S.